The van der Waals surface area contributed by atoms with E-state index in [0.717, 1.165) is 12.0 Å². The molecular weight excluding hydrogens is 174 g/mol. The lowest BCUT2D eigenvalue weighted by Gasteiger charge is -2.20. The number of aliphatic hydroxyl groups is 1. The Balaban J connectivity index is 2.50. The number of rotatable bonds is 1. The van der Waals surface area contributed by atoms with Crippen molar-refractivity contribution in [3.63, 3.8) is 0 Å². The monoisotopic (exact) mass is 191 g/mol. The van der Waals surface area contributed by atoms with Crippen LogP contribution in [0.15, 0.2) is 18.2 Å². The molecule has 2 nitrogen and oxygen atoms in total. The number of fused-ring (bicyclic) bond motifs is 1. The molecule has 2 heteroatoms. The van der Waals surface area contributed by atoms with E-state index < -0.39 is 5.60 Å². The summed E-state index contributed by atoms with van der Waals surface area (Å²) in [6, 6.07) is 6.57. The number of nitrogens with one attached hydrogen (secondary N) is 1. The van der Waals surface area contributed by atoms with E-state index in [2.05, 4.69) is 18.3 Å². The normalized spacial score (nSPS) is 20.4. The van der Waals surface area contributed by atoms with Gasteiger partial charge in [0.1, 0.15) is 0 Å². The molecule has 1 aliphatic heterocycles. The van der Waals surface area contributed by atoms with Crippen LogP contribution in [0, 0.1) is 0 Å². The van der Waals surface area contributed by atoms with E-state index in [-0.39, 0.29) is 0 Å². The molecule has 1 heterocycles. The average Bonchev–Trinajstić information content (AvgIpc) is 2.41. The van der Waals surface area contributed by atoms with Crippen molar-refractivity contribution in [3.05, 3.63) is 29.3 Å². The van der Waals surface area contributed by atoms with Crippen LogP contribution < -0.4 is 5.32 Å². The highest BCUT2D eigenvalue weighted by Gasteiger charge is 2.26. The minimum Gasteiger partial charge on any atom is -0.386 e. The van der Waals surface area contributed by atoms with Crippen LogP contribution in [-0.4, -0.2) is 11.1 Å². The van der Waals surface area contributed by atoms with Gasteiger partial charge in [-0.25, -0.2) is 0 Å². The molecule has 0 spiro atoms. The molecule has 0 bridgehead atoms. The van der Waals surface area contributed by atoms with Crippen LogP contribution in [0.1, 0.15) is 31.9 Å². The third-order valence-corrected chi connectivity index (χ3v) is 2.75. The molecule has 2 N–H and O–H groups in total. The first-order valence-corrected chi connectivity index (χ1v) is 5.10. The maximum atomic E-state index is 10.0. The quantitative estimate of drug-likeness (QED) is 0.713. The molecule has 1 aromatic rings. The van der Waals surface area contributed by atoms with Crippen LogP contribution in [0.3, 0.4) is 0 Å². The van der Waals surface area contributed by atoms with Crippen molar-refractivity contribution >= 4 is 5.69 Å². The van der Waals surface area contributed by atoms with Crippen molar-refractivity contribution < 1.29 is 5.11 Å². The Morgan fingerprint density at radius 3 is 2.79 bits per heavy atom. The predicted molar refractivity (Wildman–Crippen MR) is 58.5 cm³/mol. The zero-order valence-corrected chi connectivity index (χ0v) is 8.96. The fourth-order valence-corrected chi connectivity index (χ4v) is 2.14. The van der Waals surface area contributed by atoms with Gasteiger partial charge in [-0.05, 0) is 44.4 Å². The number of hydrogen-bond acceptors (Lipinski definition) is 2. The lowest BCUT2D eigenvalue weighted by molar-refractivity contribution is 0.0778. The molecule has 0 amide bonds. The number of anilines is 1. The predicted octanol–water partition coefficient (Wildman–Crippen LogP) is 2.27. The summed E-state index contributed by atoms with van der Waals surface area (Å²) in [7, 11) is 0. The van der Waals surface area contributed by atoms with Crippen molar-refractivity contribution in [1.82, 2.24) is 0 Å². The van der Waals surface area contributed by atoms with Gasteiger partial charge in [-0.1, -0.05) is 12.1 Å². The van der Waals surface area contributed by atoms with Crippen LogP contribution >= 0.6 is 0 Å². The zero-order valence-electron chi connectivity index (χ0n) is 8.96. The van der Waals surface area contributed by atoms with E-state index in [1.54, 1.807) is 0 Å². The minimum absolute atomic E-state index is 0.480. The van der Waals surface area contributed by atoms with Gasteiger partial charge in [-0.3, -0.25) is 0 Å². The second-order valence-electron chi connectivity index (χ2n) is 4.64. The molecule has 0 saturated heterocycles. The molecule has 14 heavy (non-hydrogen) atoms. The molecule has 1 unspecified atom stereocenters. The van der Waals surface area contributed by atoms with E-state index in [9.17, 15) is 5.11 Å². The van der Waals surface area contributed by atoms with Crippen molar-refractivity contribution in [2.75, 3.05) is 5.32 Å². The second-order valence-corrected chi connectivity index (χ2v) is 4.64. The van der Waals surface area contributed by atoms with Crippen molar-refractivity contribution in [3.8, 4) is 0 Å². The largest absolute Gasteiger partial charge is 0.386 e. The highest BCUT2D eigenvalue weighted by Crippen LogP contribution is 2.34. The molecule has 1 atom stereocenters. The van der Waals surface area contributed by atoms with Gasteiger partial charge >= 0.3 is 0 Å². The standard InChI is InChI=1S/C12H17NO/c1-8-7-9-10(12(2,3)14)5-4-6-11(9)13-8/h4-6,8,13-14H,7H2,1-3H3. The third kappa shape index (κ3) is 1.50. The lowest BCUT2D eigenvalue weighted by Crippen LogP contribution is -2.17. The number of benzene rings is 1. The molecule has 0 radical (unpaired) electrons. The van der Waals surface area contributed by atoms with Gasteiger partial charge < -0.3 is 10.4 Å². The topological polar surface area (TPSA) is 32.3 Å². The molecule has 1 aromatic carbocycles. The van der Waals surface area contributed by atoms with Gasteiger partial charge in [0.05, 0.1) is 5.60 Å². The van der Waals surface area contributed by atoms with Crippen LogP contribution in [0.5, 0.6) is 0 Å². The summed E-state index contributed by atoms with van der Waals surface area (Å²) < 4.78 is 0. The zero-order chi connectivity index (χ0) is 10.3. The Kier molecular flexibility index (Phi) is 2.04. The summed E-state index contributed by atoms with van der Waals surface area (Å²) >= 11 is 0. The van der Waals surface area contributed by atoms with E-state index in [4.69, 9.17) is 0 Å². The fraction of sp³-hybridized carbons (Fsp3) is 0.500. The Morgan fingerprint density at radius 2 is 2.14 bits per heavy atom. The van der Waals surface area contributed by atoms with Gasteiger partial charge in [0, 0.05) is 11.7 Å². The molecule has 0 aliphatic carbocycles. The summed E-state index contributed by atoms with van der Waals surface area (Å²) in [5.41, 5.74) is 2.76. The lowest BCUT2D eigenvalue weighted by atomic mass is 9.91. The smallest absolute Gasteiger partial charge is 0.0843 e. The summed E-state index contributed by atoms with van der Waals surface area (Å²) in [5.74, 6) is 0. The molecule has 76 valence electrons. The number of hydrogen-bond donors (Lipinski definition) is 2. The molecular formula is C12H17NO. The Morgan fingerprint density at radius 1 is 1.43 bits per heavy atom. The fourth-order valence-electron chi connectivity index (χ4n) is 2.14. The van der Waals surface area contributed by atoms with Crippen LogP contribution in [0.2, 0.25) is 0 Å². The molecule has 0 fully saturated rings. The maximum Gasteiger partial charge on any atom is 0.0843 e. The SMILES string of the molecule is CC1Cc2c(cccc2C(C)(C)O)N1. The average molecular weight is 191 g/mol. The van der Waals surface area contributed by atoms with E-state index >= 15 is 0 Å². The van der Waals surface area contributed by atoms with Gasteiger partial charge in [0.15, 0.2) is 0 Å². The molecule has 1 aliphatic rings. The van der Waals surface area contributed by atoms with Crippen molar-refractivity contribution in [1.29, 1.82) is 0 Å². The second kappa shape index (κ2) is 2.99. The van der Waals surface area contributed by atoms with E-state index in [0.29, 0.717) is 6.04 Å². The van der Waals surface area contributed by atoms with Gasteiger partial charge in [0.2, 0.25) is 0 Å². The highest BCUT2D eigenvalue weighted by atomic mass is 16.3. The van der Waals surface area contributed by atoms with Gasteiger partial charge in [-0.2, -0.15) is 0 Å². The van der Waals surface area contributed by atoms with Crippen molar-refractivity contribution in [2.24, 2.45) is 0 Å². The summed E-state index contributed by atoms with van der Waals surface area (Å²) in [6.45, 7) is 5.84. The van der Waals surface area contributed by atoms with E-state index in [1.165, 1.54) is 11.3 Å². The minimum atomic E-state index is -0.739. The first-order chi connectivity index (χ1) is 6.48. The van der Waals surface area contributed by atoms with E-state index in [1.807, 2.05) is 26.0 Å². The Labute approximate surface area is 85.0 Å². The summed E-state index contributed by atoms with van der Waals surface area (Å²) in [4.78, 5) is 0. The third-order valence-electron chi connectivity index (χ3n) is 2.75. The maximum absolute atomic E-state index is 10.0. The summed E-state index contributed by atoms with van der Waals surface area (Å²) in [6.07, 6.45) is 1.01. The van der Waals surface area contributed by atoms with Gasteiger partial charge in [-0.15, -0.1) is 0 Å². The van der Waals surface area contributed by atoms with Crippen LogP contribution in [0.25, 0.3) is 0 Å². The van der Waals surface area contributed by atoms with Crippen molar-refractivity contribution in [2.45, 2.75) is 38.8 Å². The first kappa shape index (κ1) is 9.53. The van der Waals surface area contributed by atoms with Gasteiger partial charge in [0.25, 0.3) is 0 Å². The Hall–Kier alpha value is -1.02. The highest BCUT2D eigenvalue weighted by molar-refractivity contribution is 5.60. The molecule has 2 rings (SSSR count). The van der Waals surface area contributed by atoms with Crippen LogP contribution in [0.4, 0.5) is 5.69 Å². The Bertz CT molecular complexity index is 352. The first-order valence-electron chi connectivity index (χ1n) is 5.10. The summed E-state index contributed by atoms with van der Waals surface area (Å²) in [5, 5.41) is 13.4. The molecule has 0 aromatic heterocycles. The van der Waals surface area contributed by atoms with Crippen LogP contribution in [-0.2, 0) is 12.0 Å². The molecule has 0 saturated carbocycles.